The summed E-state index contributed by atoms with van der Waals surface area (Å²) < 4.78 is 10.8. The van der Waals surface area contributed by atoms with Gasteiger partial charge in [0, 0.05) is 17.8 Å². The van der Waals surface area contributed by atoms with Crippen molar-refractivity contribution in [1.29, 1.82) is 0 Å². The van der Waals surface area contributed by atoms with Gasteiger partial charge in [-0.05, 0) is 61.7 Å². The molecular weight excluding hydrogens is 410 g/mol. The number of anilines is 1. The maximum Gasteiger partial charge on any atom is 0.337 e. The lowest BCUT2D eigenvalue weighted by Crippen LogP contribution is -2.31. The molecule has 3 aromatic rings. The molecule has 1 amide bonds. The van der Waals surface area contributed by atoms with Gasteiger partial charge in [-0.25, -0.2) is 9.78 Å². The quantitative estimate of drug-likeness (QED) is 0.573. The summed E-state index contributed by atoms with van der Waals surface area (Å²) in [7, 11) is 1.27. The van der Waals surface area contributed by atoms with Crippen molar-refractivity contribution in [3.05, 3.63) is 58.3 Å². The number of β-amino-alcohol motifs (C(OH)–C–C–N with tert-alkyl or cyclic N) is 1. The molecule has 2 aromatic carbocycles. The van der Waals surface area contributed by atoms with Crippen molar-refractivity contribution < 1.29 is 23.8 Å². The van der Waals surface area contributed by atoms with Gasteiger partial charge in [0.25, 0.3) is 5.91 Å². The molecule has 1 aliphatic rings. The molecule has 0 bridgehead atoms. The predicted octanol–water partition coefficient (Wildman–Crippen LogP) is 3.09. The fourth-order valence-electron chi connectivity index (χ4n) is 3.68. The topological polar surface area (TPSA) is 105 Å². The zero-order valence-electron chi connectivity index (χ0n) is 18.5. The maximum absolute atomic E-state index is 12.8. The number of nitrogens with zero attached hydrogens (tertiary/aromatic N) is 2. The van der Waals surface area contributed by atoms with Gasteiger partial charge in [-0.1, -0.05) is 6.07 Å². The van der Waals surface area contributed by atoms with Crippen molar-refractivity contribution in [2.75, 3.05) is 32.1 Å². The van der Waals surface area contributed by atoms with Gasteiger partial charge in [0.05, 0.1) is 25.8 Å². The Morgan fingerprint density at radius 2 is 1.94 bits per heavy atom. The van der Waals surface area contributed by atoms with Gasteiger partial charge in [0.1, 0.15) is 11.2 Å². The number of carbonyl (C=O) groups excluding carboxylic acids is 2. The van der Waals surface area contributed by atoms with Gasteiger partial charge in [-0.15, -0.1) is 0 Å². The van der Waals surface area contributed by atoms with E-state index >= 15 is 0 Å². The Morgan fingerprint density at radius 1 is 1.19 bits per heavy atom. The number of carbonyl (C=O) groups is 2. The van der Waals surface area contributed by atoms with E-state index in [-0.39, 0.29) is 36.9 Å². The molecule has 1 aromatic heterocycles. The number of methoxy groups -OCH3 is 1. The second-order valence-corrected chi connectivity index (χ2v) is 7.87. The minimum absolute atomic E-state index is 0.0803. The van der Waals surface area contributed by atoms with E-state index in [0.29, 0.717) is 17.2 Å². The number of nitrogens with one attached hydrogen (secondary N) is 1. The van der Waals surface area contributed by atoms with Gasteiger partial charge in [0.2, 0.25) is 5.89 Å². The molecule has 1 aliphatic heterocycles. The van der Waals surface area contributed by atoms with Crippen molar-refractivity contribution in [2.24, 2.45) is 0 Å². The Balaban J connectivity index is 1.71. The normalized spacial score (nSPS) is 13.9. The number of esters is 1. The van der Waals surface area contributed by atoms with Crippen LogP contribution in [-0.2, 0) is 14.3 Å². The first-order valence-electron chi connectivity index (χ1n) is 10.3. The minimum atomic E-state index is -0.584. The highest BCUT2D eigenvalue weighted by Gasteiger charge is 2.34. The molecule has 4 rings (SSSR count). The first kappa shape index (κ1) is 21.6. The summed E-state index contributed by atoms with van der Waals surface area (Å²) in [5.41, 5.74) is 6.38. The smallest absolute Gasteiger partial charge is 0.337 e. The zero-order chi connectivity index (χ0) is 23.0. The molecule has 0 spiro atoms. The van der Waals surface area contributed by atoms with Crippen LogP contribution in [0, 0.1) is 20.8 Å². The molecule has 8 heteroatoms. The van der Waals surface area contributed by atoms with Crippen LogP contribution in [-0.4, -0.2) is 53.7 Å². The zero-order valence-corrected chi connectivity index (χ0v) is 18.5. The Morgan fingerprint density at radius 3 is 2.66 bits per heavy atom. The second-order valence-electron chi connectivity index (χ2n) is 7.87. The van der Waals surface area contributed by atoms with E-state index < -0.39 is 5.97 Å². The molecule has 32 heavy (non-hydrogen) atoms. The summed E-state index contributed by atoms with van der Waals surface area (Å²) in [5.74, 6) is -0.480. The number of aliphatic hydroxyl groups excluding tert-OH is 1. The Bertz CT molecular complexity index is 1220. The van der Waals surface area contributed by atoms with E-state index in [0.717, 1.165) is 27.8 Å². The highest BCUT2D eigenvalue weighted by molar-refractivity contribution is 6.08. The van der Waals surface area contributed by atoms with Crippen LogP contribution in [0.3, 0.4) is 0 Å². The molecule has 0 radical (unpaired) electrons. The lowest BCUT2D eigenvalue weighted by atomic mass is 10.1. The minimum Gasteiger partial charge on any atom is -0.466 e. The second kappa shape index (κ2) is 8.47. The van der Waals surface area contributed by atoms with Crippen LogP contribution in [0.5, 0.6) is 0 Å². The third-order valence-corrected chi connectivity index (χ3v) is 5.70. The van der Waals surface area contributed by atoms with Crippen LogP contribution in [0.25, 0.3) is 22.6 Å². The SMILES string of the molecule is COC(=O)C1=C(Nc2cc(-c3nc4cc(C)c(C)cc4o3)ccc2C)C(=O)N(CCO)C1. The van der Waals surface area contributed by atoms with E-state index in [2.05, 4.69) is 10.3 Å². The first-order valence-corrected chi connectivity index (χ1v) is 10.3. The molecule has 0 atom stereocenters. The van der Waals surface area contributed by atoms with Crippen molar-refractivity contribution >= 4 is 28.7 Å². The van der Waals surface area contributed by atoms with Crippen molar-refractivity contribution in [2.45, 2.75) is 20.8 Å². The van der Waals surface area contributed by atoms with E-state index in [1.807, 2.05) is 51.1 Å². The van der Waals surface area contributed by atoms with Crippen LogP contribution in [0.1, 0.15) is 16.7 Å². The third-order valence-electron chi connectivity index (χ3n) is 5.70. The summed E-state index contributed by atoms with van der Waals surface area (Å²) in [6, 6.07) is 9.59. The van der Waals surface area contributed by atoms with Crippen molar-refractivity contribution in [3.8, 4) is 11.5 Å². The number of aryl methyl sites for hydroxylation is 3. The highest BCUT2D eigenvalue weighted by atomic mass is 16.5. The van der Waals surface area contributed by atoms with E-state index in [9.17, 15) is 14.7 Å². The number of fused-ring (bicyclic) bond motifs is 1. The lowest BCUT2D eigenvalue weighted by Gasteiger charge is -2.15. The standard InChI is InChI=1S/C24H25N3O5/c1-13-5-6-16(22-26-19-9-14(2)15(3)10-20(19)32-22)11-18(13)25-21-17(24(30)31-4)12-27(7-8-28)23(21)29/h5-6,9-11,25,28H,7-8,12H2,1-4H3. The fraction of sp³-hybridized carbons (Fsp3) is 0.292. The van der Waals surface area contributed by atoms with Gasteiger partial charge in [0.15, 0.2) is 5.58 Å². The molecule has 0 aliphatic carbocycles. The van der Waals surface area contributed by atoms with Crippen LogP contribution in [0.2, 0.25) is 0 Å². The van der Waals surface area contributed by atoms with E-state index in [1.54, 1.807) is 0 Å². The van der Waals surface area contributed by atoms with Gasteiger partial charge >= 0.3 is 5.97 Å². The van der Waals surface area contributed by atoms with Crippen molar-refractivity contribution in [1.82, 2.24) is 9.88 Å². The Kier molecular flexibility index (Phi) is 5.71. The van der Waals surface area contributed by atoms with Crippen LogP contribution >= 0.6 is 0 Å². The first-order chi connectivity index (χ1) is 15.3. The predicted molar refractivity (Wildman–Crippen MR) is 120 cm³/mol. The van der Waals surface area contributed by atoms with Crippen molar-refractivity contribution in [3.63, 3.8) is 0 Å². The maximum atomic E-state index is 12.8. The molecular formula is C24H25N3O5. The molecule has 0 fully saturated rings. The van der Waals surface area contributed by atoms with E-state index in [4.69, 9.17) is 9.15 Å². The van der Waals surface area contributed by atoms with Gasteiger partial charge in [-0.3, -0.25) is 4.79 Å². The van der Waals surface area contributed by atoms with Crippen LogP contribution < -0.4 is 5.32 Å². The number of ether oxygens (including phenoxy) is 1. The molecule has 0 unspecified atom stereocenters. The van der Waals surface area contributed by atoms with Gasteiger partial charge in [-0.2, -0.15) is 0 Å². The molecule has 0 saturated carbocycles. The number of aliphatic hydroxyl groups is 1. The van der Waals surface area contributed by atoms with Gasteiger partial charge < -0.3 is 24.5 Å². The third kappa shape index (κ3) is 3.85. The number of amides is 1. The average molecular weight is 435 g/mol. The molecule has 2 heterocycles. The molecule has 0 saturated heterocycles. The van der Waals surface area contributed by atoms with E-state index in [1.165, 1.54) is 12.0 Å². The summed E-state index contributed by atoms with van der Waals surface area (Å²) >= 11 is 0. The average Bonchev–Trinajstić information content (AvgIpc) is 3.31. The Labute approximate surface area is 185 Å². The lowest BCUT2D eigenvalue weighted by molar-refractivity contribution is -0.136. The number of hydrogen-bond donors (Lipinski definition) is 2. The number of hydrogen-bond acceptors (Lipinski definition) is 7. The Hall–Kier alpha value is -3.65. The number of rotatable bonds is 6. The number of benzene rings is 2. The number of aromatic nitrogens is 1. The molecule has 8 nitrogen and oxygen atoms in total. The monoisotopic (exact) mass is 435 g/mol. The number of oxazole rings is 1. The van der Waals surface area contributed by atoms with Crippen LogP contribution in [0.15, 0.2) is 46.0 Å². The van der Waals surface area contributed by atoms with Crippen LogP contribution in [0.4, 0.5) is 5.69 Å². The summed E-state index contributed by atoms with van der Waals surface area (Å²) in [4.78, 5) is 31.1. The highest BCUT2D eigenvalue weighted by Crippen LogP contribution is 2.31. The summed E-state index contributed by atoms with van der Waals surface area (Å²) in [5, 5.41) is 12.3. The fourth-order valence-corrected chi connectivity index (χ4v) is 3.68. The molecule has 2 N–H and O–H groups in total. The summed E-state index contributed by atoms with van der Waals surface area (Å²) in [6.07, 6.45) is 0. The summed E-state index contributed by atoms with van der Waals surface area (Å²) in [6.45, 7) is 5.97. The molecule has 166 valence electrons. The largest absolute Gasteiger partial charge is 0.466 e.